The molecule has 0 bridgehead atoms. The fourth-order valence-electron chi connectivity index (χ4n) is 3.08. The van der Waals surface area contributed by atoms with Crippen LogP contribution in [0.25, 0.3) is 0 Å². The van der Waals surface area contributed by atoms with E-state index in [4.69, 9.17) is 6.42 Å². The maximum Gasteiger partial charge on any atom is 0.254 e. The van der Waals surface area contributed by atoms with Gasteiger partial charge in [0.1, 0.15) is 5.82 Å². The van der Waals surface area contributed by atoms with Crippen LogP contribution in [-0.2, 0) is 25.9 Å². The van der Waals surface area contributed by atoms with Gasteiger partial charge in [0.2, 0.25) is 0 Å². The van der Waals surface area contributed by atoms with Crippen molar-refractivity contribution >= 4 is 0 Å². The van der Waals surface area contributed by atoms with E-state index in [0.717, 1.165) is 60.6 Å². The molecule has 1 aromatic carbocycles. The molecule has 118 valence electrons. The standard InChI is InChI=1S/C19H21N3O/c1-3-7-18-20-17-13-22(11-10-16(17)19(23)21-18)12-15-9-6-5-8-14(15)4-2/h2,5-6,8-9H,3,7,10-13H2,1H3,(H,20,21,23). The molecule has 0 amide bonds. The monoisotopic (exact) mass is 307 g/mol. The summed E-state index contributed by atoms with van der Waals surface area (Å²) in [6, 6.07) is 8.01. The Labute approximate surface area is 136 Å². The molecule has 0 spiro atoms. The summed E-state index contributed by atoms with van der Waals surface area (Å²) >= 11 is 0. The van der Waals surface area contributed by atoms with Gasteiger partial charge in [0, 0.05) is 37.2 Å². The number of terminal acetylenes is 1. The predicted octanol–water partition coefficient (Wildman–Crippen LogP) is 2.26. The van der Waals surface area contributed by atoms with Crippen LogP contribution >= 0.6 is 0 Å². The van der Waals surface area contributed by atoms with E-state index >= 15 is 0 Å². The van der Waals surface area contributed by atoms with Gasteiger partial charge in [-0.3, -0.25) is 9.69 Å². The highest BCUT2D eigenvalue weighted by molar-refractivity contribution is 5.39. The molecule has 2 heterocycles. The van der Waals surface area contributed by atoms with Crippen molar-refractivity contribution in [1.29, 1.82) is 0 Å². The van der Waals surface area contributed by atoms with E-state index in [-0.39, 0.29) is 5.56 Å². The molecule has 0 saturated heterocycles. The third-order valence-electron chi connectivity index (χ3n) is 4.26. The number of aromatic amines is 1. The van der Waals surface area contributed by atoms with Crippen molar-refractivity contribution in [3.05, 3.63) is 62.8 Å². The van der Waals surface area contributed by atoms with Crippen LogP contribution in [0.3, 0.4) is 0 Å². The van der Waals surface area contributed by atoms with E-state index in [2.05, 4.69) is 33.8 Å². The summed E-state index contributed by atoms with van der Waals surface area (Å²) in [5, 5.41) is 0. The molecule has 1 aliphatic rings. The molecule has 3 rings (SSSR count). The van der Waals surface area contributed by atoms with Gasteiger partial charge in [-0.15, -0.1) is 6.42 Å². The lowest BCUT2D eigenvalue weighted by Gasteiger charge is -2.28. The highest BCUT2D eigenvalue weighted by Crippen LogP contribution is 2.18. The molecule has 4 nitrogen and oxygen atoms in total. The van der Waals surface area contributed by atoms with Crippen molar-refractivity contribution in [3.63, 3.8) is 0 Å². The minimum absolute atomic E-state index is 0.0297. The minimum atomic E-state index is 0.0297. The van der Waals surface area contributed by atoms with Gasteiger partial charge in [0.05, 0.1) is 5.69 Å². The zero-order valence-corrected chi connectivity index (χ0v) is 13.4. The van der Waals surface area contributed by atoms with Crippen LogP contribution in [0.2, 0.25) is 0 Å². The Morgan fingerprint density at radius 1 is 1.39 bits per heavy atom. The minimum Gasteiger partial charge on any atom is -0.310 e. The Morgan fingerprint density at radius 2 is 2.22 bits per heavy atom. The number of nitrogens with zero attached hydrogens (tertiary/aromatic N) is 2. The van der Waals surface area contributed by atoms with E-state index in [1.165, 1.54) is 0 Å². The summed E-state index contributed by atoms with van der Waals surface area (Å²) in [5.41, 5.74) is 3.87. The molecule has 1 aromatic heterocycles. The number of fused-ring (bicyclic) bond motifs is 1. The van der Waals surface area contributed by atoms with Crippen molar-refractivity contribution in [2.24, 2.45) is 0 Å². The summed E-state index contributed by atoms with van der Waals surface area (Å²) in [6.45, 7) is 4.43. The Kier molecular flexibility index (Phi) is 4.59. The summed E-state index contributed by atoms with van der Waals surface area (Å²) in [4.78, 5) is 22.1. The molecule has 1 aliphatic heterocycles. The lowest BCUT2D eigenvalue weighted by Crippen LogP contribution is -2.35. The van der Waals surface area contributed by atoms with E-state index in [0.29, 0.717) is 6.54 Å². The molecule has 0 saturated carbocycles. The topological polar surface area (TPSA) is 49.0 Å². The van der Waals surface area contributed by atoms with Crippen molar-refractivity contribution in [2.75, 3.05) is 6.54 Å². The number of benzene rings is 1. The number of nitrogens with one attached hydrogen (secondary N) is 1. The van der Waals surface area contributed by atoms with Crippen LogP contribution in [0.4, 0.5) is 0 Å². The van der Waals surface area contributed by atoms with Crippen LogP contribution in [0, 0.1) is 12.3 Å². The highest BCUT2D eigenvalue weighted by atomic mass is 16.1. The highest BCUT2D eigenvalue weighted by Gasteiger charge is 2.21. The molecule has 0 atom stereocenters. The van der Waals surface area contributed by atoms with Crippen LogP contribution in [-0.4, -0.2) is 21.4 Å². The Hall–Kier alpha value is -2.38. The SMILES string of the molecule is C#Cc1ccccc1CN1CCc2c(nc(CCC)[nH]c2=O)C1. The third kappa shape index (κ3) is 3.35. The molecule has 0 fully saturated rings. The van der Waals surface area contributed by atoms with Crippen LogP contribution in [0.1, 0.15) is 41.6 Å². The second-order valence-electron chi connectivity index (χ2n) is 5.95. The second-order valence-corrected chi connectivity index (χ2v) is 5.95. The van der Waals surface area contributed by atoms with E-state index in [9.17, 15) is 4.79 Å². The summed E-state index contributed by atoms with van der Waals surface area (Å²) in [6.07, 6.45) is 8.10. The zero-order chi connectivity index (χ0) is 16.2. The maximum absolute atomic E-state index is 12.2. The lowest BCUT2D eigenvalue weighted by molar-refractivity contribution is 0.240. The molecule has 0 unspecified atom stereocenters. The Bertz CT molecular complexity index is 801. The molecular formula is C19H21N3O. The van der Waals surface area contributed by atoms with Gasteiger partial charge < -0.3 is 4.98 Å². The van der Waals surface area contributed by atoms with E-state index in [1.807, 2.05) is 18.2 Å². The van der Waals surface area contributed by atoms with Crippen molar-refractivity contribution < 1.29 is 0 Å². The molecule has 4 heteroatoms. The fraction of sp³-hybridized carbons (Fsp3) is 0.368. The van der Waals surface area contributed by atoms with Crippen LogP contribution in [0.15, 0.2) is 29.1 Å². The maximum atomic E-state index is 12.2. The van der Waals surface area contributed by atoms with Gasteiger partial charge >= 0.3 is 0 Å². The fourth-order valence-corrected chi connectivity index (χ4v) is 3.08. The molecule has 0 radical (unpaired) electrons. The number of hydrogen-bond acceptors (Lipinski definition) is 3. The lowest BCUT2D eigenvalue weighted by atomic mass is 10.0. The zero-order valence-electron chi connectivity index (χ0n) is 13.4. The molecule has 2 aromatic rings. The first-order valence-corrected chi connectivity index (χ1v) is 8.09. The summed E-state index contributed by atoms with van der Waals surface area (Å²) in [7, 11) is 0. The van der Waals surface area contributed by atoms with Gasteiger partial charge in [-0.05, 0) is 24.5 Å². The van der Waals surface area contributed by atoms with Crippen LogP contribution in [0.5, 0.6) is 0 Å². The quantitative estimate of drug-likeness (QED) is 0.882. The summed E-state index contributed by atoms with van der Waals surface area (Å²) in [5.74, 6) is 3.54. The van der Waals surface area contributed by atoms with Gasteiger partial charge in [-0.2, -0.15) is 0 Å². The van der Waals surface area contributed by atoms with Gasteiger partial charge in [-0.25, -0.2) is 4.98 Å². The first-order valence-electron chi connectivity index (χ1n) is 8.09. The normalized spacial score (nSPS) is 14.3. The number of H-pyrrole nitrogens is 1. The van der Waals surface area contributed by atoms with Gasteiger partial charge in [0.25, 0.3) is 5.56 Å². The largest absolute Gasteiger partial charge is 0.310 e. The first-order chi connectivity index (χ1) is 11.2. The Morgan fingerprint density at radius 3 is 3.00 bits per heavy atom. The molecular weight excluding hydrogens is 286 g/mol. The number of aromatic nitrogens is 2. The van der Waals surface area contributed by atoms with Gasteiger partial charge in [0.15, 0.2) is 0 Å². The third-order valence-corrected chi connectivity index (χ3v) is 4.26. The molecule has 23 heavy (non-hydrogen) atoms. The number of aryl methyl sites for hydroxylation is 1. The van der Waals surface area contributed by atoms with E-state index < -0.39 is 0 Å². The average molecular weight is 307 g/mol. The van der Waals surface area contributed by atoms with Crippen molar-refractivity contribution in [2.45, 2.75) is 39.3 Å². The molecule has 0 aliphatic carbocycles. The smallest absolute Gasteiger partial charge is 0.254 e. The Balaban J connectivity index is 1.82. The van der Waals surface area contributed by atoms with Crippen LogP contribution < -0.4 is 5.56 Å². The number of hydrogen-bond donors (Lipinski definition) is 1. The average Bonchev–Trinajstić information content (AvgIpc) is 2.55. The van der Waals surface area contributed by atoms with E-state index in [1.54, 1.807) is 0 Å². The van der Waals surface area contributed by atoms with Crippen molar-refractivity contribution in [3.8, 4) is 12.3 Å². The summed E-state index contributed by atoms with van der Waals surface area (Å²) < 4.78 is 0. The second kappa shape index (κ2) is 6.80. The predicted molar refractivity (Wildman–Crippen MR) is 91.0 cm³/mol. The molecule has 1 N–H and O–H groups in total. The first kappa shape index (κ1) is 15.5. The number of rotatable bonds is 4. The van der Waals surface area contributed by atoms with Gasteiger partial charge in [-0.1, -0.05) is 31.0 Å². The van der Waals surface area contributed by atoms with Crippen molar-refractivity contribution in [1.82, 2.24) is 14.9 Å².